The molecule has 124 valence electrons. The van der Waals surface area contributed by atoms with Crippen LogP contribution in [-0.4, -0.2) is 47.6 Å². The number of hydrogen-bond acceptors (Lipinski definition) is 5. The number of carbonyl (C=O) groups is 1. The summed E-state index contributed by atoms with van der Waals surface area (Å²) in [5.41, 5.74) is 0.161. The zero-order valence-corrected chi connectivity index (χ0v) is 12.9. The normalized spacial score (nSPS) is 24.7. The van der Waals surface area contributed by atoms with E-state index in [-0.39, 0.29) is 36.0 Å². The second-order valence-electron chi connectivity index (χ2n) is 6.05. The van der Waals surface area contributed by atoms with Gasteiger partial charge in [-0.1, -0.05) is 25.0 Å². The number of amides is 1. The van der Waals surface area contributed by atoms with E-state index in [0.717, 1.165) is 25.8 Å². The van der Waals surface area contributed by atoms with E-state index < -0.39 is 4.92 Å². The topological polar surface area (TPSA) is 84.7 Å². The number of nitro benzene ring substituents is 1. The van der Waals surface area contributed by atoms with Crippen LogP contribution >= 0.6 is 0 Å². The zero-order valence-electron chi connectivity index (χ0n) is 12.9. The Kier molecular flexibility index (Phi) is 4.88. The van der Waals surface area contributed by atoms with Gasteiger partial charge >= 0.3 is 0 Å². The quantitative estimate of drug-likeness (QED) is 0.679. The summed E-state index contributed by atoms with van der Waals surface area (Å²) in [6, 6.07) is 6.49. The van der Waals surface area contributed by atoms with Crippen LogP contribution in [0.4, 0.5) is 11.4 Å². The van der Waals surface area contributed by atoms with Crippen LogP contribution in [0.15, 0.2) is 24.3 Å². The van der Waals surface area contributed by atoms with E-state index in [1.807, 2.05) is 0 Å². The SMILES string of the molecule is O=C(CN1CCOC2CCCCC21)Nc1ccccc1[N+](=O)[O-]. The third-order valence-electron chi connectivity index (χ3n) is 4.57. The van der Waals surface area contributed by atoms with Crippen molar-refractivity contribution in [2.45, 2.75) is 37.8 Å². The molecule has 1 aliphatic heterocycles. The number of nitrogens with one attached hydrogen (secondary N) is 1. The Bertz CT molecular complexity index is 590. The number of nitrogens with zero attached hydrogens (tertiary/aromatic N) is 2. The standard InChI is InChI=1S/C16H21N3O4/c20-16(17-12-5-1-2-6-13(12)19(21)22)11-18-9-10-23-15-8-4-3-7-14(15)18/h1-2,5-6,14-15H,3-4,7-11H2,(H,17,20). The molecule has 1 aliphatic carbocycles. The number of ether oxygens (including phenoxy) is 1. The maximum atomic E-state index is 12.3. The molecule has 23 heavy (non-hydrogen) atoms. The van der Waals surface area contributed by atoms with Gasteiger partial charge in [0, 0.05) is 18.7 Å². The molecule has 7 heteroatoms. The Morgan fingerprint density at radius 1 is 1.35 bits per heavy atom. The predicted molar refractivity (Wildman–Crippen MR) is 85.3 cm³/mol. The van der Waals surface area contributed by atoms with Crippen LogP contribution in [0.2, 0.25) is 0 Å². The van der Waals surface area contributed by atoms with Gasteiger partial charge in [-0.15, -0.1) is 0 Å². The highest BCUT2D eigenvalue weighted by atomic mass is 16.6. The molecule has 2 fully saturated rings. The largest absolute Gasteiger partial charge is 0.375 e. The van der Waals surface area contributed by atoms with Gasteiger partial charge in [0.15, 0.2) is 0 Å². The van der Waals surface area contributed by atoms with Gasteiger partial charge in [-0.25, -0.2) is 0 Å². The van der Waals surface area contributed by atoms with Crippen molar-refractivity contribution in [1.29, 1.82) is 0 Å². The first-order valence-corrected chi connectivity index (χ1v) is 8.04. The lowest BCUT2D eigenvalue weighted by Crippen LogP contribution is -2.54. The van der Waals surface area contributed by atoms with Crippen molar-refractivity contribution in [3.05, 3.63) is 34.4 Å². The first-order valence-electron chi connectivity index (χ1n) is 8.04. The van der Waals surface area contributed by atoms with Crippen molar-refractivity contribution >= 4 is 17.3 Å². The van der Waals surface area contributed by atoms with E-state index in [1.54, 1.807) is 18.2 Å². The highest BCUT2D eigenvalue weighted by Crippen LogP contribution is 2.28. The lowest BCUT2D eigenvalue weighted by molar-refractivity contribution is -0.383. The molecule has 7 nitrogen and oxygen atoms in total. The van der Waals surface area contributed by atoms with Crippen LogP contribution < -0.4 is 5.32 Å². The smallest absolute Gasteiger partial charge is 0.292 e. The van der Waals surface area contributed by atoms with Crippen molar-refractivity contribution < 1.29 is 14.5 Å². The first-order chi connectivity index (χ1) is 11.1. The van der Waals surface area contributed by atoms with E-state index in [2.05, 4.69) is 10.2 Å². The fourth-order valence-electron chi connectivity index (χ4n) is 3.49. The molecule has 2 aliphatic rings. The Labute approximate surface area is 134 Å². The Morgan fingerprint density at radius 2 is 2.13 bits per heavy atom. The van der Waals surface area contributed by atoms with E-state index in [4.69, 9.17) is 4.74 Å². The summed E-state index contributed by atoms with van der Waals surface area (Å²) in [6.45, 7) is 1.61. The molecule has 1 amide bonds. The molecule has 1 N–H and O–H groups in total. The molecule has 0 radical (unpaired) electrons. The number of hydrogen-bond donors (Lipinski definition) is 1. The summed E-state index contributed by atoms with van der Waals surface area (Å²) in [7, 11) is 0. The number of fused-ring (bicyclic) bond motifs is 1. The molecule has 1 aromatic rings. The third-order valence-corrected chi connectivity index (χ3v) is 4.57. The van der Waals surface area contributed by atoms with Gasteiger partial charge in [0.1, 0.15) is 5.69 Å². The van der Waals surface area contributed by atoms with Crippen LogP contribution in [0.25, 0.3) is 0 Å². The van der Waals surface area contributed by atoms with Crippen LogP contribution in [0.5, 0.6) is 0 Å². The molecule has 2 atom stereocenters. The number of para-hydroxylation sites is 2. The number of carbonyl (C=O) groups excluding carboxylic acids is 1. The molecule has 1 saturated heterocycles. The zero-order chi connectivity index (χ0) is 16.2. The van der Waals surface area contributed by atoms with Crippen LogP contribution in [0.3, 0.4) is 0 Å². The highest BCUT2D eigenvalue weighted by molar-refractivity contribution is 5.94. The number of morpholine rings is 1. The molecule has 3 rings (SSSR count). The van der Waals surface area contributed by atoms with Gasteiger partial charge in [0.05, 0.1) is 24.2 Å². The summed E-state index contributed by atoms with van der Waals surface area (Å²) in [6.07, 6.45) is 4.65. The van der Waals surface area contributed by atoms with Crippen molar-refractivity contribution in [2.24, 2.45) is 0 Å². The summed E-state index contributed by atoms with van der Waals surface area (Å²) >= 11 is 0. The monoisotopic (exact) mass is 319 g/mol. The van der Waals surface area contributed by atoms with Gasteiger partial charge in [0.25, 0.3) is 5.69 Å². The van der Waals surface area contributed by atoms with Gasteiger partial charge in [-0.3, -0.25) is 19.8 Å². The third kappa shape index (κ3) is 3.68. The average Bonchev–Trinajstić information content (AvgIpc) is 2.55. The Balaban J connectivity index is 1.64. The minimum atomic E-state index is -0.485. The molecule has 0 spiro atoms. The van der Waals surface area contributed by atoms with Crippen molar-refractivity contribution in [3.63, 3.8) is 0 Å². The average molecular weight is 319 g/mol. The minimum absolute atomic E-state index is 0.0848. The fourth-order valence-corrected chi connectivity index (χ4v) is 3.49. The van der Waals surface area contributed by atoms with Crippen molar-refractivity contribution in [3.8, 4) is 0 Å². The number of nitro groups is 1. The molecule has 1 aromatic carbocycles. The van der Waals surface area contributed by atoms with Gasteiger partial charge in [0.2, 0.25) is 5.91 Å². The number of anilines is 1. The Morgan fingerprint density at radius 3 is 2.96 bits per heavy atom. The summed E-state index contributed by atoms with van der Waals surface area (Å²) in [5.74, 6) is -0.217. The second kappa shape index (κ2) is 7.06. The van der Waals surface area contributed by atoms with Crippen LogP contribution in [0.1, 0.15) is 25.7 Å². The lowest BCUT2D eigenvalue weighted by atomic mass is 9.90. The first kappa shape index (κ1) is 15.9. The van der Waals surface area contributed by atoms with E-state index in [1.165, 1.54) is 12.5 Å². The molecule has 0 bridgehead atoms. The molecular weight excluding hydrogens is 298 g/mol. The van der Waals surface area contributed by atoms with Crippen molar-refractivity contribution in [2.75, 3.05) is 25.0 Å². The second-order valence-corrected chi connectivity index (χ2v) is 6.05. The molecule has 1 heterocycles. The van der Waals surface area contributed by atoms with E-state index >= 15 is 0 Å². The molecule has 2 unspecified atom stereocenters. The van der Waals surface area contributed by atoms with Gasteiger partial charge in [-0.05, 0) is 18.9 Å². The predicted octanol–water partition coefficient (Wildman–Crippen LogP) is 2.18. The number of rotatable bonds is 4. The van der Waals surface area contributed by atoms with Gasteiger partial charge < -0.3 is 10.1 Å². The Hall–Kier alpha value is -1.99. The number of benzene rings is 1. The van der Waals surface area contributed by atoms with Crippen molar-refractivity contribution in [1.82, 2.24) is 4.90 Å². The fraction of sp³-hybridized carbons (Fsp3) is 0.562. The summed E-state index contributed by atoms with van der Waals surface area (Å²) in [4.78, 5) is 25.0. The van der Waals surface area contributed by atoms with E-state index in [9.17, 15) is 14.9 Å². The molecule has 1 saturated carbocycles. The maximum Gasteiger partial charge on any atom is 0.292 e. The van der Waals surface area contributed by atoms with Crippen LogP contribution in [0, 0.1) is 10.1 Å². The lowest BCUT2D eigenvalue weighted by Gasteiger charge is -2.43. The van der Waals surface area contributed by atoms with E-state index in [0.29, 0.717) is 6.61 Å². The molecule has 0 aromatic heterocycles. The van der Waals surface area contributed by atoms with Crippen LogP contribution in [-0.2, 0) is 9.53 Å². The minimum Gasteiger partial charge on any atom is -0.375 e. The maximum absolute atomic E-state index is 12.3. The highest BCUT2D eigenvalue weighted by Gasteiger charge is 2.35. The summed E-state index contributed by atoms with van der Waals surface area (Å²) < 4.78 is 5.80. The molecular formula is C16H21N3O4. The summed E-state index contributed by atoms with van der Waals surface area (Å²) in [5, 5.41) is 13.7. The van der Waals surface area contributed by atoms with Gasteiger partial charge in [-0.2, -0.15) is 0 Å².